The summed E-state index contributed by atoms with van der Waals surface area (Å²) in [7, 11) is 1.76. The van der Waals surface area contributed by atoms with Gasteiger partial charge in [-0.1, -0.05) is 42.8 Å². The molecule has 0 bridgehead atoms. The van der Waals surface area contributed by atoms with E-state index in [1.165, 1.54) is 0 Å². The lowest BCUT2D eigenvalue weighted by Gasteiger charge is -2.40. The second-order valence-corrected chi connectivity index (χ2v) is 9.11. The number of Topliss-reactive ketones (excluding diaryl/α,β-unsaturated/α-hetero) is 2. The van der Waals surface area contributed by atoms with Gasteiger partial charge in [0.15, 0.2) is 0 Å². The molecule has 0 saturated heterocycles. The molecule has 170 valence electrons. The van der Waals surface area contributed by atoms with Gasteiger partial charge >= 0.3 is 5.97 Å². The van der Waals surface area contributed by atoms with E-state index in [1.54, 1.807) is 17.7 Å². The van der Waals surface area contributed by atoms with Crippen LogP contribution in [0.25, 0.3) is 10.9 Å². The lowest BCUT2D eigenvalue weighted by atomic mass is 9.70. The second kappa shape index (κ2) is 8.48. The first-order chi connectivity index (χ1) is 16.0. The molecule has 5 rings (SSSR count). The summed E-state index contributed by atoms with van der Waals surface area (Å²) >= 11 is 0. The number of benzene rings is 2. The number of rotatable bonds is 6. The van der Waals surface area contributed by atoms with Gasteiger partial charge in [0.25, 0.3) is 0 Å². The summed E-state index contributed by atoms with van der Waals surface area (Å²) in [6.45, 7) is 0. The predicted molar refractivity (Wildman–Crippen MR) is 125 cm³/mol. The summed E-state index contributed by atoms with van der Waals surface area (Å²) in [5.74, 6) is 2.55. The standard InChI is InChI=1S/C26H27N3O4/c1-29-21-12-5-2-7-15(21)13-22(29)25(31)23(30)14-18(26(32)33-27)24-16-8-3-4-10-19(16)28-20-11-6-9-17(20)24/h2-5,7-8,10,12-13,17-18,20,24,28H,6,9,11,14,27H2,1H3. The normalized spacial score (nSPS) is 22.2. The average Bonchev–Trinajstić information content (AvgIpc) is 3.44. The van der Waals surface area contributed by atoms with Crippen LogP contribution in [-0.2, 0) is 21.5 Å². The first-order valence-corrected chi connectivity index (χ1v) is 11.4. The Morgan fingerprint density at radius 2 is 1.88 bits per heavy atom. The molecule has 2 heterocycles. The summed E-state index contributed by atoms with van der Waals surface area (Å²) in [5.41, 5.74) is 3.12. The molecule has 4 atom stereocenters. The number of para-hydroxylation sites is 2. The summed E-state index contributed by atoms with van der Waals surface area (Å²) in [6, 6.07) is 17.4. The quantitative estimate of drug-likeness (QED) is 0.340. The lowest BCUT2D eigenvalue weighted by molar-refractivity contribution is -0.152. The molecular weight excluding hydrogens is 418 g/mol. The summed E-state index contributed by atoms with van der Waals surface area (Å²) < 4.78 is 1.72. The maximum atomic E-state index is 13.2. The average molecular weight is 446 g/mol. The van der Waals surface area contributed by atoms with Crippen LogP contribution in [0.2, 0.25) is 0 Å². The van der Waals surface area contributed by atoms with Crippen LogP contribution in [-0.4, -0.2) is 28.1 Å². The minimum atomic E-state index is -0.824. The van der Waals surface area contributed by atoms with E-state index >= 15 is 0 Å². The van der Waals surface area contributed by atoms with Crippen LogP contribution >= 0.6 is 0 Å². The van der Waals surface area contributed by atoms with Crippen LogP contribution in [0.15, 0.2) is 54.6 Å². The van der Waals surface area contributed by atoms with Crippen molar-refractivity contribution in [1.29, 1.82) is 0 Å². The molecular formula is C26H27N3O4. The van der Waals surface area contributed by atoms with Crippen LogP contribution in [0.4, 0.5) is 5.69 Å². The Labute approximate surface area is 191 Å². The number of anilines is 1. The van der Waals surface area contributed by atoms with Crippen LogP contribution in [0.5, 0.6) is 0 Å². The van der Waals surface area contributed by atoms with E-state index in [0.717, 1.165) is 41.4 Å². The molecule has 0 spiro atoms. The van der Waals surface area contributed by atoms with E-state index in [1.807, 2.05) is 48.5 Å². The molecule has 1 fully saturated rings. The molecule has 1 saturated carbocycles. The molecule has 0 radical (unpaired) electrons. The fourth-order valence-corrected chi connectivity index (χ4v) is 5.85. The Hall–Kier alpha value is -3.45. The highest BCUT2D eigenvalue weighted by Gasteiger charge is 2.46. The molecule has 3 N–H and O–H groups in total. The van der Waals surface area contributed by atoms with Crippen molar-refractivity contribution in [1.82, 2.24) is 4.57 Å². The number of aromatic nitrogens is 1. The molecule has 0 amide bonds. The highest BCUT2D eigenvalue weighted by Crippen LogP contribution is 2.50. The Bertz CT molecular complexity index is 1250. The van der Waals surface area contributed by atoms with Gasteiger partial charge < -0.3 is 14.7 Å². The Morgan fingerprint density at radius 3 is 2.67 bits per heavy atom. The summed E-state index contributed by atoms with van der Waals surface area (Å²) in [6.07, 6.45) is 2.75. The minimum Gasteiger partial charge on any atom is -0.382 e. The number of nitrogens with one attached hydrogen (secondary N) is 1. The van der Waals surface area contributed by atoms with Gasteiger partial charge in [-0.3, -0.25) is 14.4 Å². The Morgan fingerprint density at radius 1 is 1.12 bits per heavy atom. The summed E-state index contributed by atoms with van der Waals surface area (Å²) in [5, 5.41) is 4.47. The molecule has 1 aliphatic heterocycles. The number of fused-ring (bicyclic) bond motifs is 3. The number of carbonyl (C=O) groups is 3. The molecule has 7 nitrogen and oxygen atoms in total. The van der Waals surface area contributed by atoms with Gasteiger partial charge in [-0.15, -0.1) is 0 Å². The number of nitrogens with zero attached hydrogens (tertiary/aromatic N) is 1. The van der Waals surface area contributed by atoms with Crippen molar-refractivity contribution in [2.45, 2.75) is 37.6 Å². The summed E-state index contributed by atoms with van der Waals surface area (Å²) in [4.78, 5) is 43.9. The van der Waals surface area contributed by atoms with E-state index in [9.17, 15) is 14.4 Å². The van der Waals surface area contributed by atoms with Crippen molar-refractivity contribution in [3.05, 3.63) is 65.9 Å². The molecule has 7 heteroatoms. The van der Waals surface area contributed by atoms with Gasteiger partial charge in [0.2, 0.25) is 11.6 Å². The Kier molecular flexibility index (Phi) is 5.50. The smallest absolute Gasteiger partial charge is 0.328 e. The van der Waals surface area contributed by atoms with Gasteiger partial charge in [0.1, 0.15) is 0 Å². The van der Waals surface area contributed by atoms with E-state index in [-0.39, 0.29) is 24.3 Å². The van der Waals surface area contributed by atoms with E-state index in [2.05, 4.69) is 10.2 Å². The number of hydrogen-bond acceptors (Lipinski definition) is 6. The molecule has 4 unspecified atom stereocenters. The van der Waals surface area contributed by atoms with Gasteiger partial charge in [-0.05, 0) is 42.5 Å². The maximum absolute atomic E-state index is 13.2. The van der Waals surface area contributed by atoms with Gasteiger partial charge in [0.05, 0.1) is 11.6 Å². The fourth-order valence-electron chi connectivity index (χ4n) is 5.85. The van der Waals surface area contributed by atoms with Crippen molar-refractivity contribution < 1.29 is 19.2 Å². The number of carbonyl (C=O) groups excluding carboxylic acids is 3. The number of ketones is 2. The zero-order chi connectivity index (χ0) is 23.1. The van der Waals surface area contributed by atoms with Crippen LogP contribution in [0, 0.1) is 11.8 Å². The minimum absolute atomic E-state index is 0.171. The molecule has 1 aliphatic carbocycles. The Balaban J connectivity index is 1.48. The van der Waals surface area contributed by atoms with E-state index < -0.39 is 23.5 Å². The lowest BCUT2D eigenvalue weighted by Crippen LogP contribution is -2.41. The van der Waals surface area contributed by atoms with Crippen LogP contribution in [0.1, 0.15) is 47.7 Å². The highest BCUT2D eigenvalue weighted by atomic mass is 16.7. The SMILES string of the molecule is Cn1c(C(=O)C(=O)CC(C(=O)ON)C2c3ccccc3NC3CCCC32)cc2ccccc21. The van der Waals surface area contributed by atoms with Crippen molar-refractivity contribution in [2.75, 3.05) is 5.32 Å². The largest absolute Gasteiger partial charge is 0.382 e. The van der Waals surface area contributed by atoms with Gasteiger partial charge in [-0.2, -0.15) is 5.90 Å². The van der Waals surface area contributed by atoms with Crippen molar-refractivity contribution in [2.24, 2.45) is 24.8 Å². The third-order valence-corrected chi connectivity index (χ3v) is 7.39. The third kappa shape index (κ3) is 3.62. The maximum Gasteiger partial charge on any atom is 0.328 e. The number of hydrogen-bond donors (Lipinski definition) is 2. The fraction of sp³-hybridized carbons (Fsp3) is 0.346. The molecule has 3 aromatic rings. The van der Waals surface area contributed by atoms with E-state index in [4.69, 9.17) is 5.90 Å². The first kappa shape index (κ1) is 21.4. The monoisotopic (exact) mass is 445 g/mol. The van der Waals surface area contributed by atoms with Gasteiger partial charge in [0, 0.05) is 42.0 Å². The number of aryl methyl sites for hydroxylation is 1. The van der Waals surface area contributed by atoms with Crippen molar-refractivity contribution >= 4 is 34.1 Å². The first-order valence-electron chi connectivity index (χ1n) is 11.4. The molecule has 2 aromatic carbocycles. The molecule has 1 aromatic heterocycles. The topological polar surface area (TPSA) is 103 Å². The van der Waals surface area contributed by atoms with Crippen LogP contribution in [0.3, 0.4) is 0 Å². The van der Waals surface area contributed by atoms with Crippen molar-refractivity contribution in [3.63, 3.8) is 0 Å². The molecule has 33 heavy (non-hydrogen) atoms. The zero-order valence-corrected chi connectivity index (χ0v) is 18.5. The van der Waals surface area contributed by atoms with Gasteiger partial charge in [-0.25, -0.2) is 0 Å². The zero-order valence-electron chi connectivity index (χ0n) is 18.5. The third-order valence-electron chi connectivity index (χ3n) is 7.39. The van der Waals surface area contributed by atoms with E-state index in [0.29, 0.717) is 5.69 Å². The highest BCUT2D eigenvalue weighted by molar-refractivity contribution is 6.44. The molecule has 2 aliphatic rings. The number of nitrogens with two attached hydrogens (primary N) is 1. The van der Waals surface area contributed by atoms with Crippen molar-refractivity contribution in [3.8, 4) is 0 Å². The second-order valence-electron chi connectivity index (χ2n) is 9.11. The predicted octanol–water partition coefficient (Wildman–Crippen LogP) is 3.73. The van der Waals surface area contributed by atoms with Crippen LogP contribution < -0.4 is 11.2 Å².